The highest BCUT2D eigenvalue weighted by Gasteiger charge is 2.34. The molecule has 4 nitrogen and oxygen atoms in total. The van der Waals surface area contributed by atoms with Crippen LogP contribution in [0.15, 0.2) is 48.5 Å². The van der Waals surface area contributed by atoms with Gasteiger partial charge in [-0.15, -0.1) is 0 Å². The highest BCUT2D eigenvalue weighted by molar-refractivity contribution is 5.24. The summed E-state index contributed by atoms with van der Waals surface area (Å²) >= 11 is 0. The molecule has 0 radical (unpaired) electrons. The Morgan fingerprint density at radius 1 is 0.931 bits per heavy atom. The molecule has 6 heteroatoms. The van der Waals surface area contributed by atoms with Crippen LogP contribution in [-0.2, 0) is 6.54 Å². The van der Waals surface area contributed by atoms with E-state index in [0.29, 0.717) is 19.0 Å². The summed E-state index contributed by atoms with van der Waals surface area (Å²) in [5.74, 6) is -1.21. The van der Waals surface area contributed by atoms with Gasteiger partial charge in [0, 0.05) is 43.9 Å². The van der Waals surface area contributed by atoms with Crippen molar-refractivity contribution in [3.05, 3.63) is 65.7 Å². The molecule has 29 heavy (non-hydrogen) atoms. The summed E-state index contributed by atoms with van der Waals surface area (Å²) in [5.41, 5.74) is 1.34. The van der Waals surface area contributed by atoms with E-state index in [-0.39, 0.29) is 5.75 Å². The molecule has 0 amide bonds. The Labute approximate surface area is 170 Å². The van der Waals surface area contributed by atoms with Gasteiger partial charge in [-0.05, 0) is 37.9 Å². The average molecular weight is 402 g/mol. The number of hydrogen-bond acceptors (Lipinski definition) is 4. The van der Waals surface area contributed by atoms with E-state index in [1.165, 1.54) is 5.56 Å². The lowest BCUT2D eigenvalue weighted by molar-refractivity contribution is -0.0452. The van der Waals surface area contributed by atoms with Crippen molar-refractivity contribution in [3.63, 3.8) is 0 Å². The maximum atomic E-state index is 13.4. The van der Waals surface area contributed by atoms with Crippen molar-refractivity contribution in [1.82, 2.24) is 9.80 Å². The fraction of sp³-hybridized carbons (Fsp3) is 0.478. The number of likely N-dealkylation sites (tertiary alicyclic amines) is 2. The highest BCUT2D eigenvalue weighted by atomic mass is 19.1. The van der Waals surface area contributed by atoms with Crippen LogP contribution >= 0.6 is 0 Å². The molecular weight excluding hydrogens is 374 g/mol. The van der Waals surface area contributed by atoms with E-state index in [1.54, 1.807) is 0 Å². The first-order valence-electron chi connectivity index (χ1n) is 10.4. The van der Waals surface area contributed by atoms with E-state index in [0.717, 1.165) is 57.2 Å². The molecule has 0 aromatic heterocycles. The van der Waals surface area contributed by atoms with Crippen molar-refractivity contribution >= 4 is 0 Å². The summed E-state index contributed by atoms with van der Waals surface area (Å²) in [5, 5.41) is 10.6. The van der Waals surface area contributed by atoms with E-state index in [9.17, 15) is 13.9 Å². The summed E-state index contributed by atoms with van der Waals surface area (Å²) < 4.78 is 32.4. The Hall–Kier alpha value is -2.02. The van der Waals surface area contributed by atoms with Gasteiger partial charge >= 0.3 is 0 Å². The smallest absolute Gasteiger partial charge is 0.129 e. The number of aliphatic hydroxyl groups excluding tert-OH is 1. The number of β-amino-alcohol motifs (C(OH)–C–C–N with tert-alkyl or cyclic N) is 1. The van der Waals surface area contributed by atoms with Crippen LogP contribution in [0.25, 0.3) is 0 Å². The van der Waals surface area contributed by atoms with Crippen molar-refractivity contribution in [2.24, 2.45) is 0 Å². The van der Waals surface area contributed by atoms with Gasteiger partial charge in [-0.1, -0.05) is 30.3 Å². The summed E-state index contributed by atoms with van der Waals surface area (Å²) in [6.45, 7) is 4.44. The lowest BCUT2D eigenvalue weighted by atomic mass is 9.97. The summed E-state index contributed by atoms with van der Waals surface area (Å²) in [6.07, 6.45) is 1.70. The monoisotopic (exact) mass is 402 g/mol. The van der Waals surface area contributed by atoms with E-state index in [2.05, 4.69) is 34.1 Å². The number of ether oxygens (including phenoxy) is 1. The molecule has 0 unspecified atom stereocenters. The third-order valence-corrected chi connectivity index (χ3v) is 6.00. The molecule has 2 aromatic rings. The van der Waals surface area contributed by atoms with E-state index < -0.39 is 23.8 Å². The summed E-state index contributed by atoms with van der Waals surface area (Å²) in [7, 11) is 0. The average Bonchev–Trinajstić information content (AvgIpc) is 2.70. The minimum atomic E-state index is -0.672. The Morgan fingerprint density at radius 2 is 1.62 bits per heavy atom. The zero-order valence-corrected chi connectivity index (χ0v) is 16.5. The molecule has 2 aliphatic heterocycles. The maximum absolute atomic E-state index is 13.4. The molecule has 156 valence electrons. The summed E-state index contributed by atoms with van der Waals surface area (Å²) in [4.78, 5) is 4.83. The number of hydrogen-bond donors (Lipinski definition) is 1. The van der Waals surface area contributed by atoms with Crippen LogP contribution < -0.4 is 4.74 Å². The van der Waals surface area contributed by atoms with Crippen LogP contribution in [0.4, 0.5) is 8.78 Å². The van der Waals surface area contributed by atoms with Gasteiger partial charge < -0.3 is 9.84 Å². The zero-order chi connectivity index (χ0) is 20.2. The molecule has 0 bridgehead atoms. The van der Waals surface area contributed by atoms with E-state index in [1.807, 2.05) is 6.07 Å². The van der Waals surface area contributed by atoms with Gasteiger partial charge in [-0.2, -0.15) is 0 Å². The molecule has 2 saturated heterocycles. The second-order valence-corrected chi connectivity index (χ2v) is 8.11. The first-order valence-corrected chi connectivity index (χ1v) is 10.4. The Kier molecular flexibility index (Phi) is 6.43. The predicted octanol–water partition coefficient (Wildman–Crippen LogP) is 3.44. The van der Waals surface area contributed by atoms with Crippen LogP contribution in [0, 0.1) is 11.6 Å². The first kappa shape index (κ1) is 20.3. The molecule has 2 heterocycles. The van der Waals surface area contributed by atoms with Crippen LogP contribution in [0.3, 0.4) is 0 Å². The molecule has 2 aliphatic rings. The van der Waals surface area contributed by atoms with Crippen molar-refractivity contribution in [2.75, 3.05) is 26.2 Å². The van der Waals surface area contributed by atoms with Crippen LogP contribution in [0.5, 0.6) is 5.75 Å². The fourth-order valence-electron chi connectivity index (χ4n) is 4.46. The Balaban J connectivity index is 1.26. The van der Waals surface area contributed by atoms with Gasteiger partial charge in [0.25, 0.3) is 0 Å². The largest absolute Gasteiger partial charge is 0.487 e. The molecule has 2 fully saturated rings. The van der Waals surface area contributed by atoms with Gasteiger partial charge in [0.2, 0.25) is 0 Å². The van der Waals surface area contributed by atoms with Gasteiger partial charge in [0.15, 0.2) is 0 Å². The number of piperidine rings is 2. The molecule has 0 aliphatic carbocycles. The lowest BCUT2D eigenvalue weighted by Gasteiger charge is -2.43. The topological polar surface area (TPSA) is 35.9 Å². The maximum Gasteiger partial charge on any atom is 0.129 e. The number of halogens is 2. The fourth-order valence-corrected chi connectivity index (χ4v) is 4.46. The normalized spacial score (nSPS) is 24.5. The number of rotatable bonds is 5. The molecule has 0 saturated carbocycles. The lowest BCUT2D eigenvalue weighted by Crippen LogP contribution is -2.54. The Morgan fingerprint density at radius 3 is 2.28 bits per heavy atom. The minimum Gasteiger partial charge on any atom is -0.487 e. The second-order valence-electron chi connectivity index (χ2n) is 8.11. The second kappa shape index (κ2) is 9.20. The zero-order valence-electron chi connectivity index (χ0n) is 16.5. The number of benzene rings is 2. The molecule has 1 N–H and O–H groups in total. The first-order chi connectivity index (χ1) is 14.1. The summed E-state index contributed by atoms with van der Waals surface area (Å²) in [6, 6.07) is 14.1. The Bertz CT molecular complexity index is 776. The number of aliphatic hydroxyl groups is 1. The molecular formula is C23H28F2N2O2. The van der Waals surface area contributed by atoms with Gasteiger partial charge in [-0.3, -0.25) is 9.80 Å². The quantitative estimate of drug-likeness (QED) is 0.831. The van der Waals surface area contributed by atoms with Crippen molar-refractivity contribution in [3.8, 4) is 5.75 Å². The molecule has 2 atom stereocenters. The molecule has 4 rings (SSSR count). The van der Waals surface area contributed by atoms with Crippen molar-refractivity contribution < 1.29 is 18.6 Å². The van der Waals surface area contributed by atoms with Crippen LogP contribution in [0.1, 0.15) is 24.8 Å². The predicted molar refractivity (Wildman–Crippen MR) is 108 cm³/mol. The van der Waals surface area contributed by atoms with Crippen molar-refractivity contribution in [1.29, 1.82) is 0 Å². The third-order valence-electron chi connectivity index (χ3n) is 6.00. The standard InChI is InChI=1S/C23H28F2N2O2/c24-18-12-19(25)14-21(13-18)29-23-8-11-27(16-22(23)28)20-6-9-26(10-7-20)15-17-4-2-1-3-5-17/h1-5,12-14,20,22-23,28H,6-11,15-16H2/t22-,23-/m1/s1. The van der Waals surface area contributed by atoms with E-state index >= 15 is 0 Å². The third kappa shape index (κ3) is 5.32. The highest BCUT2D eigenvalue weighted by Crippen LogP contribution is 2.25. The van der Waals surface area contributed by atoms with Crippen LogP contribution in [0.2, 0.25) is 0 Å². The van der Waals surface area contributed by atoms with Gasteiger partial charge in [0.05, 0.1) is 0 Å². The van der Waals surface area contributed by atoms with Gasteiger partial charge in [0.1, 0.15) is 29.6 Å². The SMILES string of the molecule is O[C@@H]1CN(C2CCN(Cc3ccccc3)CC2)CC[C@H]1Oc1cc(F)cc(F)c1. The number of nitrogens with zero attached hydrogens (tertiary/aromatic N) is 2. The minimum absolute atomic E-state index is 0.134. The molecule has 2 aromatic carbocycles. The van der Waals surface area contributed by atoms with Crippen LogP contribution in [-0.4, -0.2) is 59.3 Å². The van der Waals surface area contributed by atoms with E-state index in [4.69, 9.17) is 4.74 Å². The molecule has 0 spiro atoms. The van der Waals surface area contributed by atoms with Crippen molar-refractivity contribution in [2.45, 2.75) is 44.1 Å². The van der Waals surface area contributed by atoms with Gasteiger partial charge in [-0.25, -0.2) is 8.78 Å².